The summed E-state index contributed by atoms with van der Waals surface area (Å²) in [4.78, 5) is 45.0. The van der Waals surface area contributed by atoms with Crippen molar-refractivity contribution in [2.24, 2.45) is 5.10 Å². The fourth-order valence-electron chi connectivity index (χ4n) is 5.77. The minimum atomic E-state index is -0.531. The Kier molecular flexibility index (Phi) is 15.7. The second kappa shape index (κ2) is 19.9. The first-order valence-electron chi connectivity index (χ1n) is 17.3. The molecule has 0 aliphatic carbocycles. The molecule has 268 valence electrons. The highest BCUT2D eigenvalue weighted by Crippen LogP contribution is 2.38. The minimum Gasteiger partial charge on any atom is -0.372 e. The summed E-state index contributed by atoms with van der Waals surface area (Å²) in [5.41, 5.74) is 1.64. The molecule has 0 aromatic heterocycles. The quantitative estimate of drug-likeness (QED) is 0.103. The molecule has 50 heavy (non-hydrogen) atoms. The number of hydrogen-bond donors (Lipinski definition) is 1. The topological polar surface area (TPSA) is 91.3 Å². The average Bonchev–Trinajstić information content (AvgIpc) is 3.42. The van der Waals surface area contributed by atoms with E-state index in [0.29, 0.717) is 21.5 Å². The van der Waals surface area contributed by atoms with Crippen LogP contribution in [0.3, 0.4) is 0 Å². The highest BCUT2D eigenvalue weighted by atomic mass is 35.5. The lowest BCUT2D eigenvalue weighted by molar-refractivity contribution is -0.120. The van der Waals surface area contributed by atoms with E-state index in [2.05, 4.69) is 17.3 Å². The summed E-state index contributed by atoms with van der Waals surface area (Å²) in [5, 5.41) is 10.3. The molecule has 1 N–H and O–H groups in total. The molecule has 0 saturated carbocycles. The Morgan fingerprint density at radius 2 is 1.44 bits per heavy atom. The van der Waals surface area contributed by atoms with Crippen LogP contribution in [0.5, 0.6) is 5.75 Å². The number of anilines is 2. The van der Waals surface area contributed by atoms with Gasteiger partial charge in [-0.1, -0.05) is 130 Å². The molecule has 8 nitrogen and oxygen atoms in total. The molecule has 0 bridgehead atoms. The van der Waals surface area contributed by atoms with Gasteiger partial charge >= 0.3 is 0 Å². The Bertz CT molecular complexity index is 1660. The second-order valence-electron chi connectivity index (χ2n) is 12.4. The molecule has 3 aromatic carbocycles. The SMILES string of the molecule is CCCCCCCCCCCCCCc1cc(Cl)ccc1ON(C(C)=O)c1cccc(C(=O)NC2=NN(c3c(Cl)cc(Cl)cc3Cl)C(=O)C2)c1. The molecular weight excluding hydrogens is 718 g/mol. The van der Waals surface area contributed by atoms with Crippen LogP contribution in [0.1, 0.15) is 113 Å². The van der Waals surface area contributed by atoms with Crippen LogP contribution in [0.2, 0.25) is 20.1 Å². The molecule has 0 spiro atoms. The molecule has 4 rings (SSSR count). The van der Waals surface area contributed by atoms with E-state index < -0.39 is 11.8 Å². The maximum Gasteiger partial charge on any atom is 0.256 e. The van der Waals surface area contributed by atoms with E-state index in [9.17, 15) is 14.4 Å². The van der Waals surface area contributed by atoms with Gasteiger partial charge in [0.2, 0.25) is 0 Å². The van der Waals surface area contributed by atoms with Crippen molar-refractivity contribution in [3.63, 3.8) is 0 Å². The van der Waals surface area contributed by atoms with Crippen LogP contribution < -0.4 is 20.2 Å². The number of nitrogens with zero attached hydrogens (tertiary/aromatic N) is 3. The van der Waals surface area contributed by atoms with E-state index >= 15 is 0 Å². The van der Waals surface area contributed by atoms with Gasteiger partial charge in [0, 0.05) is 22.5 Å². The summed E-state index contributed by atoms with van der Waals surface area (Å²) in [6, 6.07) is 14.7. The molecule has 0 atom stereocenters. The van der Waals surface area contributed by atoms with E-state index in [4.69, 9.17) is 51.2 Å². The normalized spacial score (nSPS) is 12.6. The monoisotopic (exact) mass is 760 g/mol. The Labute approximate surface area is 315 Å². The summed E-state index contributed by atoms with van der Waals surface area (Å²) in [6.45, 7) is 3.63. The van der Waals surface area contributed by atoms with Crippen molar-refractivity contribution in [1.82, 2.24) is 5.32 Å². The maximum absolute atomic E-state index is 13.3. The van der Waals surface area contributed by atoms with E-state index in [0.717, 1.165) is 34.9 Å². The predicted octanol–water partition coefficient (Wildman–Crippen LogP) is 11.4. The highest BCUT2D eigenvalue weighted by molar-refractivity contribution is 6.42. The van der Waals surface area contributed by atoms with E-state index in [1.807, 2.05) is 6.07 Å². The fourth-order valence-corrected chi connectivity index (χ4v) is 6.95. The Morgan fingerprint density at radius 3 is 2.06 bits per heavy atom. The first-order chi connectivity index (χ1) is 24.1. The minimum absolute atomic E-state index is 0.107. The highest BCUT2D eigenvalue weighted by Gasteiger charge is 2.30. The smallest absolute Gasteiger partial charge is 0.256 e. The zero-order valence-electron chi connectivity index (χ0n) is 28.6. The van der Waals surface area contributed by atoms with Gasteiger partial charge in [-0.05, 0) is 66.9 Å². The predicted molar refractivity (Wildman–Crippen MR) is 205 cm³/mol. The van der Waals surface area contributed by atoms with Crippen molar-refractivity contribution in [2.45, 2.75) is 104 Å². The van der Waals surface area contributed by atoms with Crippen molar-refractivity contribution in [3.8, 4) is 5.75 Å². The summed E-state index contributed by atoms with van der Waals surface area (Å²) in [6.07, 6.45) is 15.7. The number of unbranched alkanes of at least 4 members (excludes halogenated alkanes) is 11. The van der Waals surface area contributed by atoms with Gasteiger partial charge in [-0.15, -0.1) is 5.06 Å². The van der Waals surface area contributed by atoms with Gasteiger partial charge in [-0.2, -0.15) is 10.1 Å². The lowest BCUT2D eigenvalue weighted by Gasteiger charge is -2.23. The third kappa shape index (κ3) is 11.6. The first kappa shape index (κ1) is 39.5. The van der Waals surface area contributed by atoms with E-state index in [1.54, 1.807) is 30.3 Å². The maximum atomic E-state index is 13.3. The number of hydrogen-bond acceptors (Lipinski definition) is 5. The van der Waals surface area contributed by atoms with Gasteiger partial charge in [-0.25, -0.2) is 0 Å². The summed E-state index contributed by atoms with van der Waals surface area (Å²) in [7, 11) is 0. The van der Waals surface area contributed by atoms with Crippen LogP contribution in [0.4, 0.5) is 11.4 Å². The number of carbonyl (C=O) groups is 3. The van der Waals surface area contributed by atoms with Crippen LogP contribution in [-0.4, -0.2) is 23.6 Å². The van der Waals surface area contributed by atoms with E-state index in [1.165, 1.54) is 89.3 Å². The number of benzene rings is 3. The lowest BCUT2D eigenvalue weighted by Crippen LogP contribution is -2.33. The number of rotatable bonds is 18. The second-order valence-corrected chi connectivity index (χ2v) is 14.1. The van der Waals surface area contributed by atoms with Crippen LogP contribution in [-0.2, 0) is 16.0 Å². The van der Waals surface area contributed by atoms with Crippen LogP contribution in [0.25, 0.3) is 0 Å². The molecule has 0 fully saturated rings. The molecule has 1 aliphatic heterocycles. The zero-order valence-corrected chi connectivity index (χ0v) is 31.6. The number of amidine groups is 1. The van der Waals surface area contributed by atoms with Crippen LogP contribution in [0.15, 0.2) is 59.7 Å². The lowest BCUT2D eigenvalue weighted by atomic mass is 10.0. The van der Waals surface area contributed by atoms with Gasteiger partial charge in [-0.3, -0.25) is 14.4 Å². The van der Waals surface area contributed by atoms with Gasteiger partial charge in [0.1, 0.15) is 11.5 Å². The van der Waals surface area contributed by atoms with Crippen molar-refractivity contribution >= 4 is 81.3 Å². The summed E-state index contributed by atoms with van der Waals surface area (Å²) < 4.78 is 0. The molecule has 3 amide bonds. The molecule has 3 aromatic rings. The van der Waals surface area contributed by atoms with Gasteiger partial charge in [0.25, 0.3) is 17.7 Å². The van der Waals surface area contributed by atoms with Gasteiger partial charge in [0.05, 0.1) is 22.2 Å². The Morgan fingerprint density at radius 1 is 0.820 bits per heavy atom. The molecular formula is C38H44Cl4N4O4. The largest absolute Gasteiger partial charge is 0.372 e. The number of hydroxylamine groups is 1. The van der Waals surface area contributed by atoms with Crippen molar-refractivity contribution in [2.75, 3.05) is 10.1 Å². The fraction of sp³-hybridized carbons (Fsp3) is 0.421. The molecule has 0 radical (unpaired) electrons. The average molecular weight is 763 g/mol. The zero-order chi connectivity index (χ0) is 36.0. The molecule has 1 aliphatic rings. The van der Waals surface area contributed by atoms with Crippen LogP contribution >= 0.6 is 46.4 Å². The molecule has 0 saturated heterocycles. The Hall–Kier alpha value is -3.30. The number of nitrogens with one attached hydrogen (secondary N) is 1. The Balaban J connectivity index is 1.35. The number of halogens is 4. The number of aryl methyl sites for hydroxylation is 1. The summed E-state index contributed by atoms with van der Waals surface area (Å²) in [5.74, 6) is -0.724. The van der Waals surface area contributed by atoms with Crippen molar-refractivity contribution < 1.29 is 19.2 Å². The number of hydrazone groups is 1. The van der Waals surface area contributed by atoms with Gasteiger partial charge in [0.15, 0.2) is 5.75 Å². The van der Waals surface area contributed by atoms with Crippen molar-refractivity contribution in [3.05, 3.63) is 85.8 Å². The van der Waals surface area contributed by atoms with Gasteiger partial charge < -0.3 is 10.2 Å². The standard InChI is InChI=1S/C38H44Cl4N4O4/c1-3-4-5-6-7-8-9-10-11-12-13-14-16-27-21-29(39)19-20-34(27)50-46(26(2)47)31-18-15-17-28(22-31)38(49)43-35-25-36(48)45(44-35)37-32(41)23-30(40)24-33(37)42/h15,17-24H,3-14,16,25H2,1-2H3,(H,43,44,49). The third-order valence-corrected chi connectivity index (χ3v) is 9.40. The molecule has 0 unspecified atom stereocenters. The summed E-state index contributed by atoms with van der Waals surface area (Å²) >= 11 is 24.9. The molecule has 12 heteroatoms. The van der Waals surface area contributed by atoms with Crippen LogP contribution in [0, 0.1) is 0 Å². The van der Waals surface area contributed by atoms with E-state index in [-0.39, 0.29) is 39.5 Å². The number of carbonyl (C=O) groups excluding carboxylic acids is 3. The first-order valence-corrected chi connectivity index (χ1v) is 18.8. The van der Waals surface area contributed by atoms with Crippen molar-refractivity contribution in [1.29, 1.82) is 0 Å². The third-order valence-electron chi connectivity index (χ3n) is 8.37. The molecule has 1 heterocycles. The number of amides is 3.